The number of halogens is 1. The Labute approximate surface area is 94.1 Å². The summed E-state index contributed by atoms with van der Waals surface area (Å²) in [4.78, 5) is 8.50. The average molecular weight is 224 g/mol. The molecule has 0 aliphatic carbocycles. The Morgan fingerprint density at radius 1 is 1.33 bits per heavy atom. The lowest BCUT2D eigenvalue weighted by Gasteiger charge is -2.23. The van der Waals surface area contributed by atoms with Crippen molar-refractivity contribution in [1.82, 2.24) is 14.5 Å². The van der Waals surface area contributed by atoms with Gasteiger partial charge in [-0.3, -0.25) is 0 Å². The van der Waals surface area contributed by atoms with Gasteiger partial charge in [-0.15, -0.1) is 0 Å². The SMILES string of the molecule is Cc1nc2cnc(Cl)cc2n1C(C)(C)C. The van der Waals surface area contributed by atoms with E-state index in [2.05, 4.69) is 35.3 Å². The monoisotopic (exact) mass is 223 g/mol. The van der Waals surface area contributed by atoms with Crippen LogP contribution in [0.2, 0.25) is 5.15 Å². The first-order valence-electron chi connectivity index (χ1n) is 4.90. The van der Waals surface area contributed by atoms with Crippen LogP contribution in [0.5, 0.6) is 0 Å². The summed E-state index contributed by atoms with van der Waals surface area (Å²) in [6.45, 7) is 8.44. The molecule has 0 atom stereocenters. The minimum absolute atomic E-state index is 0.00349. The molecule has 0 saturated carbocycles. The van der Waals surface area contributed by atoms with Crippen LogP contribution in [0.3, 0.4) is 0 Å². The molecule has 0 bridgehead atoms. The Morgan fingerprint density at radius 2 is 2.00 bits per heavy atom. The largest absolute Gasteiger partial charge is 0.323 e. The molecule has 0 aromatic carbocycles. The molecule has 0 amide bonds. The summed E-state index contributed by atoms with van der Waals surface area (Å²) >= 11 is 5.90. The molecule has 2 rings (SSSR count). The average Bonchev–Trinajstić information content (AvgIpc) is 2.38. The number of fused-ring (bicyclic) bond motifs is 1. The molecule has 0 radical (unpaired) electrons. The van der Waals surface area contributed by atoms with E-state index in [1.54, 1.807) is 6.20 Å². The number of hydrogen-bond acceptors (Lipinski definition) is 2. The second kappa shape index (κ2) is 3.20. The third-order valence-corrected chi connectivity index (χ3v) is 2.55. The Balaban J connectivity index is 2.82. The molecule has 0 saturated heterocycles. The highest BCUT2D eigenvalue weighted by Crippen LogP contribution is 2.25. The van der Waals surface area contributed by atoms with Crippen molar-refractivity contribution in [2.45, 2.75) is 33.2 Å². The normalized spacial score (nSPS) is 12.3. The Morgan fingerprint density at radius 3 is 2.60 bits per heavy atom. The molecule has 4 heteroatoms. The highest BCUT2D eigenvalue weighted by Gasteiger charge is 2.19. The maximum absolute atomic E-state index is 5.90. The van der Waals surface area contributed by atoms with E-state index in [4.69, 9.17) is 11.6 Å². The van der Waals surface area contributed by atoms with Crippen molar-refractivity contribution >= 4 is 22.6 Å². The predicted molar refractivity (Wildman–Crippen MR) is 62.3 cm³/mol. The first-order chi connectivity index (χ1) is 6.89. The van der Waals surface area contributed by atoms with Crippen molar-refractivity contribution in [3.05, 3.63) is 23.2 Å². The van der Waals surface area contributed by atoms with Crippen LogP contribution >= 0.6 is 11.6 Å². The molecule has 0 aliphatic rings. The summed E-state index contributed by atoms with van der Waals surface area (Å²) in [5.41, 5.74) is 1.94. The van der Waals surface area contributed by atoms with Crippen LogP contribution in [0.15, 0.2) is 12.3 Å². The van der Waals surface area contributed by atoms with E-state index < -0.39 is 0 Å². The second-order valence-corrected chi connectivity index (χ2v) is 5.05. The van der Waals surface area contributed by atoms with Crippen molar-refractivity contribution in [3.8, 4) is 0 Å². The topological polar surface area (TPSA) is 30.7 Å². The third kappa shape index (κ3) is 1.72. The molecule has 0 spiro atoms. The Kier molecular flexibility index (Phi) is 2.23. The molecule has 2 aromatic heterocycles. The fraction of sp³-hybridized carbons (Fsp3) is 0.455. The lowest BCUT2D eigenvalue weighted by molar-refractivity contribution is 0.399. The van der Waals surface area contributed by atoms with E-state index in [0.717, 1.165) is 16.9 Å². The van der Waals surface area contributed by atoms with Crippen molar-refractivity contribution in [3.63, 3.8) is 0 Å². The van der Waals surface area contributed by atoms with Gasteiger partial charge in [0.05, 0.1) is 11.7 Å². The van der Waals surface area contributed by atoms with Crippen LogP contribution in [0, 0.1) is 6.92 Å². The minimum Gasteiger partial charge on any atom is -0.323 e. The quantitative estimate of drug-likeness (QED) is 0.643. The van der Waals surface area contributed by atoms with Crippen LogP contribution in [0.25, 0.3) is 11.0 Å². The van der Waals surface area contributed by atoms with Gasteiger partial charge in [-0.25, -0.2) is 9.97 Å². The van der Waals surface area contributed by atoms with E-state index in [0.29, 0.717) is 5.15 Å². The van der Waals surface area contributed by atoms with Crippen LogP contribution in [-0.2, 0) is 5.54 Å². The van der Waals surface area contributed by atoms with E-state index in [1.165, 1.54) is 0 Å². The van der Waals surface area contributed by atoms with Gasteiger partial charge in [0.15, 0.2) is 0 Å². The van der Waals surface area contributed by atoms with Gasteiger partial charge < -0.3 is 4.57 Å². The maximum Gasteiger partial charge on any atom is 0.131 e. The van der Waals surface area contributed by atoms with Gasteiger partial charge in [0, 0.05) is 11.6 Å². The lowest BCUT2D eigenvalue weighted by Crippen LogP contribution is -2.22. The first-order valence-corrected chi connectivity index (χ1v) is 5.28. The van der Waals surface area contributed by atoms with Gasteiger partial charge in [0.25, 0.3) is 0 Å². The zero-order valence-corrected chi connectivity index (χ0v) is 10.1. The summed E-state index contributed by atoms with van der Waals surface area (Å²) < 4.78 is 2.18. The molecule has 0 aliphatic heterocycles. The predicted octanol–water partition coefficient (Wildman–Crippen LogP) is 3.15. The van der Waals surface area contributed by atoms with E-state index >= 15 is 0 Å². The summed E-state index contributed by atoms with van der Waals surface area (Å²) in [5, 5.41) is 0.507. The van der Waals surface area contributed by atoms with Crippen molar-refractivity contribution in [1.29, 1.82) is 0 Å². The number of pyridine rings is 1. The first kappa shape index (κ1) is 10.4. The highest BCUT2D eigenvalue weighted by atomic mass is 35.5. The number of nitrogens with zero attached hydrogens (tertiary/aromatic N) is 3. The van der Waals surface area contributed by atoms with Gasteiger partial charge >= 0.3 is 0 Å². The van der Waals surface area contributed by atoms with Gasteiger partial charge in [0.2, 0.25) is 0 Å². The van der Waals surface area contributed by atoms with Crippen molar-refractivity contribution in [2.24, 2.45) is 0 Å². The number of aryl methyl sites for hydroxylation is 1. The fourth-order valence-electron chi connectivity index (χ4n) is 1.92. The standard InChI is InChI=1S/C11H14ClN3/c1-7-14-8-6-13-10(12)5-9(8)15(7)11(2,3)4/h5-6H,1-4H3. The second-order valence-electron chi connectivity index (χ2n) is 4.66. The lowest BCUT2D eigenvalue weighted by atomic mass is 10.1. The number of imidazole rings is 1. The van der Waals surface area contributed by atoms with Crippen LogP contribution in [0.4, 0.5) is 0 Å². The van der Waals surface area contributed by atoms with Crippen molar-refractivity contribution in [2.75, 3.05) is 0 Å². The Hall–Kier alpha value is -1.09. The van der Waals surface area contributed by atoms with Crippen LogP contribution < -0.4 is 0 Å². The fourth-order valence-corrected chi connectivity index (χ4v) is 2.08. The van der Waals surface area contributed by atoms with Gasteiger partial charge in [-0.2, -0.15) is 0 Å². The molecular weight excluding hydrogens is 210 g/mol. The smallest absolute Gasteiger partial charge is 0.131 e. The van der Waals surface area contributed by atoms with Crippen LogP contribution in [0.1, 0.15) is 26.6 Å². The van der Waals surface area contributed by atoms with Gasteiger partial charge in [-0.05, 0) is 27.7 Å². The van der Waals surface area contributed by atoms with E-state index in [9.17, 15) is 0 Å². The van der Waals surface area contributed by atoms with Crippen LogP contribution in [-0.4, -0.2) is 14.5 Å². The van der Waals surface area contributed by atoms with Gasteiger partial charge in [-0.1, -0.05) is 11.6 Å². The molecule has 15 heavy (non-hydrogen) atoms. The molecule has 0 N–H and O–H groups in total. The molecule has 0 fully saturated rings. The molecule has 80 valence electrons. The number of aromatic nitrogens is 3. The Bertz CT molecular complexity index is 508. The summed E-state index contributed by atoms with van der Waals surface area (Å²) in [7, 11) is 0. The molecule has 2 aromatic rings. The molecular formula is C11H14ClN3. The minimum atomic E-state index is 0.00349. The van der Waals surface area contributed by atoms with Crippen molar-refractivity contribution < 1.29 is 0 Å². The highest BCUT2D eigenvalue weighted by molar-refractivity contribution is 6.29. The van der Waals surface area contributed by atoms with Gasteiger partial charge in [0.1, 0.15) is 16.5 Å². The zero-order valence-electron chi connectivity index (χ0n) is 9.37. The van der Waals surface area contributed by atoms with E-state index in [-0.39, 0.29) is 5.54 Å². The summed E-state index contributed by atoms with van der Waals surface area (Å²) in [5.74, 6) is 0.988. The molecule has 3 nitrogen and oxygen atoms in total. The number of rotatable bonds is 0. The molecule has 2 heterocycles. The zero-order chi connectivity index (χ0) is 11.2. The number of hydrogen-bond donors (Lipinski definition) is 0. The summed E-state index contributed by atoms with van der Waals surface area (Å²) in [6.07, 6.45) is 1.72. The third-order valence-electron chi connectivity index (χ3n) is 2.35. The van der Waals surface area contributed by atoms with E-state index in [1.807, 2.05) is 13.0 Å². The molecule has 0 unspecified atom stereocenters. The maximum atomic E-state index is 5.90. The summed E-state index contributed by atoms with van der Waals surface area (Å²) in [6, 6.07) is 1.86.